The summed E-state index contributed by atoms with van der Waals surface area (Å²) < 4.78 is 0. The van der Waals surface area contributed by atoms with Crippen LogP contribution >= 0.6 is 11.6 Å². The molecule has 0 radical (unpaired) electrons. The van der Waals surface area contributed by atoms with E-state index >= 15 is 0 Å². The Bertz CT molecular complexity index is 737. The third-order valence-corrected chi connectivity index (χ3v) is 4.86. The zero-order valence-electron chi connectivity index (χ0n) is 14.2. The van der Waals surface area contributed by atoms with Crippen molar-refractivity contribution in [1.29, 1.82) is 0 Å². The van der Waals surface area contributed by atoms with Crippen LogP contribution in [0.15, 0.2) is 36.5 Å². The Hall–Kier alpha value is -2.18. The van der Waals surface area contributed by atoms with Crippen molar-refractivity contribution in [3.8, 4) is 0 Å². The number of anilines is 2. The molecule has 0 spiro atoms. The Labute approximate surface area is 152 Å². The van der Waals surface area contributed by atoms with E-state index in [0.717, 1.165) is 37.3 Å². The number of carbonyl (C=O) groups excluding carboxylic acids is 1. The van der Waals surface area contributed by atoms with Gasteiger partial charge in [-0.25, -0.2) is 9.97 Å². The van der Waals surface area contributed by atoms with Crippen molar-refractivity contribution < 1.29 is 4.79 Å². The zero-order valence-corrected chi connectivity index (χ0v) is 14.9. The summed E-state index contributed by atoms with van der Waals surface area (Å²) in [4.78, 5) is 23.0. The predicted molar refractivity (Wildman–Crippen MR) is 99.5 cm³/mol. The molecule has 1 aliphatic heterocycles. The molecule has 2 aromatic rings. The topological polar surface area (TPSA) is 84.1 Å². The molecule has 1 amide bonds. The van der Waals surface area contributed by atoms with Gasteiger partial charge in [-0.3, -0.25) is 9.69 Å². The van der Waals surface area contributed by atoms with Gasteiger partial charge in [0, 0.05) is 29.4 Å². The first-order valence-electron chi connectivity index (χ1n) is 8.42. The van der Waals surface area contributed by atoms with Gasteiger partial charge in [0.25, 0.3) is 0 Å². The van der Waals surface area contributed by atoms with Gasteiger partial charge in [0.1, 0.15) is 0 Å². The molecule has 0 unspecified atom stereocenters. The van der Waals surface area contributed by atoms with Gasteiger partial charge in [-0.2, -0.15) is 0 Å². The maximum atomic E-state index is 12.6. The van der Waals surface area contributed by atoms with Gasteiger partial charge in [-0.15, -0.1) is 0 Å². The van der Waals surface area contributed by atoms with E-state index in [9.17, 15) is 4.79 Å². The highest BCUT2D eigenvalue weighted by Gasteiger charge is 2.28. The van der Waals surface area contributed by atoms with Gasteiger partial charge >= 0.3 is 0 Å². The lowest BCUT2D eigenvalue weighted by Crippen LogP contribution is -2.46. The SMILES string of the molecule is C[C@@H](C(=O)Nc1ccc(Cl)cc1)N1CCC[C@@H](c2ccnc(N)n2)C1. The van der Waals surface area contributed by atoms with Crippen LogP contribution in [-0.4, -0.2) is 39.9 Å². The summed E-state index contributed by atoms with van der Waals surface area (Å²) in [5.74, 6) is 0.540. The number of rotatable bonds is 4. The molecule has 25 heavy (non-hydrogen) atoms. The van der Waals surface area contributed by atoms with Crippen LogP contribution in [0.25, 0.3) is 0 Å². The number of benzene rings is 1. The first-order valence-corrected chi connectivity index (χ1v) is 8.79. The van der Waals surface area contributed by atoms with Crippen molar-refractivity contribution in [1.82, 2.24) is 14.9 Å². The largest absolute Gasteiger partial charge is 0.368 e. The monoisotopic (exact) mass is 359 g/mol. The summed E-state index contributed by atoms with van der Waals surface area (Å²) in [6.45, 7) is 3.61. The van der Waals surface area contributed by atoms with Crippen molar-refractivity contribution in [2.75, 3.05) is 24.1 Å². The molecule has 3 N–H and O–H groups in total. The number of hydrogen-bond acceptors (Lipinski definition) is 5. The predicted octanol–water partition coefficient (Wildman–Crippen LogP) is 2.92. The normalized spacial score (nSPS) is 19.4. The highest BCUT2D eigenvalue weighted by molar-refractivity contribution is 6.30. The fourth-order valence-corrected chi connectivity index (χ4v) is 3.29. The second-order valence-electron chi connectivity index (χ2n) is 6.35. The number of nitrogens with zero attached hydrogens (tertiary/aromatic N) is 3. The molecule has 1 saturated heterocycles. The number of piperidine rings is 1. The number of carbonyl (C=O) groups is 1. The molecule has 1 aromatic carbocycles. The fraction of sp³-hybridized carbons (Fsp3) is 0.389. The zero-order chi connectivity index (χ0) is 17.8. The van der Waals surface area contributed by atoms with Crippen LogP contribution in [0, 0.1) is 0 Å². The van der Waals surface area contributed by atoms with Crippen molar-refractivity contribution in [3.63, 3.8) is 0 Å². The standard InChI is InChI=1S/C18H22ClN5O/c1-12(17(25)22-15-6-4-14(19)5-7-15)24-10-2-3-13(11-24)16-8-9-21-18(20)23-16/h4-9,12-13H,2-3,10-11H2,1H3,(H,22,25)(H2,20,21,23)/t12-,13+/m0/s1. The fourth-order valence-electron chi connectivity index (χ4n) is 3.16. The van der Waals surface area contributed by atoms with Crippen LogP contribution < -0.4 is 11.1 Å². The Morgan fingerprint density at radius 1 is 1.36 bits per heavy atom. The van der Waals surface area contributed by atoms with E-state index in [0.29, 0.717) is 11.0 Å². The smallest absolute Gasteiger partial charge is 0.241 e. The Kier molecular flexibility index (Phi) is 5.50. The van der Waals surface area contributed by atoms with E-state index < -0.39 is 0 Å². The second-order valence-corrected chi connectivity index (χ2v) is 6.78. The molecule has 0 saturated carbocycles. The van der Waals surface area contributed by atoms with E-state index in [1.54, 1.807) is 30.5 Å². The summed E-state index contributed by atoms with van der Waals surface area (Å²) in [5, 5.41) is 3.59. The summed E-state index contributed by atoms with van der Waals surface area (Å²) in [7, 11) is 0. The van der Waals surface area contributed by atoms with Crippen molar-refractivity contribution in [2.45, 2.75) is 31.7 Å². The number of nitrogen functional groups attached to an aromatic ring is 1. The summed E-state index contributed by atoms with van der Waals surface area (Å²) in [5.41, 5.74) is 7.39. The molecule has 1 aliphatic rings. The number of aromatic nitrogens is 2. The molecule has 1 fully saturated rings. The van der Waals surface area contributed by atoms with Gasteiger partial charge in [0.2, 0.25) is 11.9 Å². The minimum Gasteiger partial charge on any atom is -0.368 e. The van der Waals surface area contributed by atoms with Crippen molar-refractivity contribution in [3.05, 3.63) is 47.2 Å². The van der Waals surface area contributed by atoms with Crippen LogP contribution in [-0.2, 0) is 4.79 Å². The minimum absolute atomic E-state index is 0.0230. The number of amides is 1. The highest BCUT2D eigenvalue weighted by Crippen LogP contribution is 2.27. The summed E-state index contributed by atoms with van der Waals surface area (Å²) in [6.07, 6.45) is 3.75. The highest BCUT2D eigenvalue weighted by atomic mass is 35.5. The summed E-state index contributed by atoms with van der Waals surface area (Å²) in [6, 6.07) is 8.81. The third kappa shape index (κ3) is 4.46. The number of nitrogens with one attached hydrogen (secondary N) is 1. The minimum atomic E-state index is -0.224. The Morgan fingerprint density at radius 3 is 2.84 bits per heavy atom. The quantitative estimate of drug-likeness (QED) is 0.876. The van der Waals surface area contributed by atoms with Gasteiger partial charge in [0.05, 0.1) is 11.7 Å². The van der Waals surface area contributed by atoms with Crippen molar-refractivity contribution in [2.24, 2.45) is 0 Å². The molecule has 2 atom stereocenters. The first-order chi connectivity index (χ1) is 12.0. The molecule has 2 heterocycles. The average Bonchev–Trinajstić information content (AvgIpc) is 2.63. The van der Waals surface area contributed by atoms with Gasteiger partial charge in [-0.05, 0) is 56.6 Å². The van der Waals surface area contributed by atoms with E-state index in [1.807, 2.05) is 13.0 Å². The lowest BCUT2D eigenvalue weighted by atomic mass is 9.93. The molecule has 7 heteroatoms. The number of likely N-dealkylation sites (tertiary alicyclic amines) is 1. The van der Waals surface area contributed by atoms with Crippen molar-refractivity contribution >= 4 is 29.1 Å². The molecule has 3 rings (SSSR count). The number of hydrogen-bond donors (Lipinski definition) is 2. The Balaban J connectivity index is 1.63. The first kappa shape index (κ1) is 17.6. The summed E-state index contributed by atoms with van der Waals surface area (Å²) >= 11 is 5.88. The number of halogens is 1. The van der Waals surface area contributed by atoms with Crippen LogP contribution in [0.2, 0.25) is 5.02 Å². The van der Waals surface area contributed by atoms with Gasteiger partial charge in [-0.1, -0.05) is 11.6 Å². The maximum absolute atomic E-state index is 12.6. The Morgan fingerprint density at radius 2 is 2.12 bits per heavy atom. The van der Waals surface area contributed by atoms with Crippen LogP contribution in [0.4, 0.5) is 11.6 Å². The van der Waals surface area contributed by atoms with E-state index in [2.05, 4.69) is 20.2 Å². The van der Waals surface area contributed by atoms with Gasteiger partial charge < -0.3 is 11.1 Å². The van der Waals surface area contributed by atoms with E-state index in [1.165, 1.54) is 0 Å². The molecule has 6 nitrogen and oxygen atoms in total. The molecule has 0 aliphatic carbocycles. The average molecular weight is 360 g/mol. The maximum Gasteiger partial charge on any atom is 0.241 e. The van der Waals surface area contributed by atoms with E-state index in [4.69, 9.17) is 17.3 Å². The van der Waals surface area contributed by atoms with Gasteiger partial charge in [0.15, 0.2) is 0 Å². The lowest BCUT2D eigenvalue weighted by molar-refractivity contribution is -0.121. The molecular weight excluding hydrogens is 338 g/mol. The number of nitrogens with two attached hydrogens (primary N) is 1. The lowest BCUT2D eigenvalue weighted by Gasteiger charge is -2.35. The molecule has 0 bridgehead atoms. The van der Waals surface area contributed by atoms with E-state index in [-0.39, 0.29) is 17.9 Å². The second kappa shape index (κ2) is 7.80. The van der Waals surface area contributed by atoms with Crippen LogP contribution in [0.1, 0.15) is 31.4 Å². The van der Waals surface area contributed by atoms with Crippen LogP contribution in [0.5, 0.6) is 0 Å². The van der Waals surface area contributed by atoms with Crippen LogP contribution in [0.3, 0.4) is 0 Å². The molecule has 132 valence electrons. The molecule has 1 aromatic heterocycles. The molecular formula is C18H22ClN5O. The third-order valence-electron chi connectivity index (χ3n) is 4.61.